The summed E-state index contributed by atoms with van der Waals surface area (Å²) >= 11 is 0. The average Bonchev–Trinajstić information content (AvgIpc) is 3.15. The van der Waals surface area contributed by atoms with E-state index in [1.165, 1.54) is 12.5 Å². The molecule has 1 N–H and O–H groups in total. The summed E-state index contributed by atoms with van der Waals surface area (Å²) in [7, 11) is 1.45. The van der Waals surface area contributed by atoms with Gasteiger partial charge in [-0.15, -0.1) is 0 Å². The van der Waals surface area contributed by atoms with E-state index in [0.717, 1.165) is 36.1 Å². The summed E-state index contributed by atoms with van der Waals surface area (Å²) < 4.78 is 5.08. The summed E-state index contributed by atoms with van der Waals surface area (Å²) in [5.41, 5.74) is 2.05. The number of nitrogens with one attached hydrogen (secondary N) is 1. The fraction of sp³-hybridized carbons (Fsp3) is 0.286. The Morgan fingerprint density at radius 3 is 3.04 bits per heavy atom. The summed E-state index contributed by atoms with van der Waals surface area (Å²) in [5, 5.41) is 17.2. The number of nitro benzene ring substituents is 1. The van der Waals surface area contributed by atoms with E-state index in [1.807, 2.05) is 30.6 Å². The van der Waals surface area contributed by atoms with Crippen molar-refractivity contribution in [1.82, 2.24) is 9.88 Å². The minimum absolute atomic E-state index is 0.0123. The molecule has 1 atom stereocenters. The number of nitro groups is 1. The van der Waals surface area contributed by atoms with Crippen LogP contribution in [0.1, 0.15) is 12.0 Å². The van der Waals surface area contributed by atoms with Gasteiger partial charge in [0.2, 0.25) is 0 Å². The lowest BCUT2D eigenvalue weighted by atomic mass is 10.1. The number of rotatable bonds is 6. The van der Waals surface area contributed by atoms with Gasteiger partial charge in [-0.05, 0) is 30.2 Å². The second-order valence-corrected chi connectivity index (χ2v) is 7.03. The first-order valence-electron chi connectivity index (χ1n) is 9.27. The monoisotopic (exact) mass is 378 g/mol. The number of pyridine rings is 1. The van der Waals surface area contributed by atoms with Gasteiger partial charge < -0.3 is 10.1 Å². The van der Waals surface area contributed by atoms with Gasteiger partial charge in [0, 0.05) is 60.6 Å². The van der Waals surface area contributed by atoms with E-state index >= 15 is 0 Å². The predicted molar refractivity (Wildman–Crippen MR) is 109 cm³/mol. The molecule has 28 heavy (non-hydrogen) atoms. The zero-order chi connectivity index (χ0) is 19.5. The summed E-state index contributed by atoms with van der Waals surface area (Å²) in [6.45, 7) is 2.52. The van der Waals surface area contributed by atoms with Crippen LogP contribution in [0.4, 0.5) is 11.4 Å². The van der Waals surface area contributed by atoms with Gasteiger partial charge in [0.25, 0.3) is 0 Å². The van der Waals surface area contributed by atoms with Gasteiger partial charge >= 0.3 is 5.69 Å². The number of hydrogen-bond donors (Lipinski definition) is 1. The summed E-state index contributed by atoms with van der Waals surface area (Å²) in [6, 6.07) is 13.7. The Hall–Kier alpha value is -3.19. The second kappa shape index (κ2) is 7.82. The van der Waals surface area contributed by atoms with E-state index < -0.39 is 4.92 Å². The molecular weight excluding hydrogens is 356 g/mol. The number of benzene rings is 2. The molecule has 0 spiro atoms. The summed E-state index contributed by atoms with van der Waals surface area (Å²) in [6.07, 6.45) is 4.71. The van der Waals surface area contributed by atoms with Crippen molar-refractivity contribution >= 4 is 22.1 Å². The lowest BCUT2D eigenvalue weighted by Crippen LogP contribution is -2.26. The van der Waals surface area contributed by atoms with Gasteiger partial charge in [-0.25, -0.2) is 0 Å². The number of likely N-dealkylation sites (tertiary alicyclic amines) is 1. The second-order valence-electron chi connectivity index (χ2n) is 7.03. The van der Waals surface area contributed by atoms with Crippen molar-refractivity contribution in [3.63, 3.8) is 0 Å². The molecule has 0 radical (unpaired) electrons. The van der Waals surface area contributed by atoms with Crippen molar-refractivity contribution in [2.75, 3.05) is 25.5 Å². The largest absolute Gasteiger partial charge is 0.490 e. The molecule has 4 rings (SSSR count). The summed E-state index contributed by atoms with van der Waals surface area (Å²) in [5.74, 6) is 0.292. The van der Waals surface area contributed by atoms with E-state index in [1.54, 1.807) is 12.1 Å². The number of hydrogen-bond acceptors (Lipinski definition) is 6. The van der Waals surface area contributed by atoms with Crippen LogP contribution < -0.4 is 10.1 Å². The Labute approximate surface area is 163 Å². The number of anilines is 1. The van der Waals surface area contributed by atoms with Crippen LogP contribution in [0.2, 0.25) is 0 Å². The van der Waals surface area contributed by atoms with Crippen molar-refractivity contribution < 1.29 is 9.66 Å². The predicted octanol–water partition coefficient (Wildman–Crippen LogP) is 3.84. The maximum absolute atomic E-state index is 11.2. The van der Waals surface area contributed by atoms with Crippen LogP contribution in [-0.2, 0) is 6.54 Å². The molecule has 0 saturated carbocycles. The topological polar surface area (TPSA) is 80.5 Å². The fourth-order valence-corrected chi connectivity index (χ4v) is 3.80. The third kappa shape index (κ3) is 3.75. The van der Waals surface area contributed by atoms with Crippen LogP contribution in [0.15, 0.2) is 54.9 Å². The van der Waals surface area contributed by atoms with Crippen LogP contribution in [0, 0.1) is 10.1 Å². The number of methoxy groups -OCH3 is 1. The molecule has 1 saturated heterocycles. The Balaban J connectivity index is 1.43. The molecule has 2 heterocycles. The maximum atomic E-state index is 11.2. The lowest BCUT2D eigenvalue weighted by Gasteiger charge is -2.18. The maximum Gasteiger partial charge on any atom is 0.311 e. The van der Waals surface area contributed by atoms with Crippen molar-refractivity contribution in [1.29, 1.82) is 0 Å². The minimum Gasteiger partial charge on any atom is -0.490 e. The molecule has 3 aromatic rings. The highest BCUT2D eigenvalue weighted by Gasteiger charge is 2.24. The zero-order valence-corrected chi connectivity index (χ0v) is 15.7. The molecule has 1 unspecified atom stereocenters. The first-order valence-corrected chi connectivity index (χ1v) is 9.27. The molecule has 7 heteroatoms. The smallest absolute Gasteiger partial charge is 0.311 e. The van der Waals surface area contributed by atoms with Crippen molar-refractivity contribution in [2.45, 2.75) is 19.0 Å². The van der Waals surface area contributed by atoms with Crippen molar-refractivity contribution in [2.24, 2.45) is 0 Å². The summed E-state index contributed by atoms with van der Waals surface area (Å²) in [4.78, 5) is 17.3. The highest BCUT2D eigenvalue weighted by atomic mass is 16.6. The molecule has 1 aromatic heterocycles. The molecular formula is C21H22N4O3. The molecule has 0 aliphatic carbocycles. The molecule has 0 bridgehead atoms. The van der Waals surface area contributed by atoms with E-state index in [-0.39, 0.29) is 5.69 Å². The first-order chi connectivity index (χ1) is 13.6. The van der Waals surface area contributed by atoms with E-state index in [0.29, 0.717) is 18.3 Å². The molecule has 144 valence electrons. The molecule has 0 amide bonds. The van der Waals surface area contributed by atoms with Crippen LogP contribution >= 0.6 is 0 Å². The van der Waals surface area contributed by atoms with Gasteiger partial charge in [0.05, 0.1) is 12.0 Å². The number of aromatic nitrogens is 1. The van der Waals surface area contributed by atoms with Crippen LogP contribution in [-0.4, -0.2) is 41.0 Å². The van der Waals surface area contributed by atoms with Crippen molar-refractivity contribution in [3.8, 4) is 5.75 Å². The SMILES string of the molecule is COc1ccc(CN2CCC(Nc3cccc4cnccc34)C2)cc1[N+](=O)[O-]. The molecule has 7 nitrogen and oxygen atoms in total. The van der Waals surface area contributed by atoms with Crippen LogP contribution in [0.5, 0.6) is 5.75 Å². The standard InChI is InChI=1S/C21H22N4O3/c1-28-21-6-5-15(11-20(21)25(26)27)13-24-10-8-17(14-24)23-19-4-2-3-16-12-22-9-7-18(16)19/h2-7,9,11-12,17,23H,8,10,13-14H2,1H3. The van der Waals surface area contributed by atoms with E-state index in [9.17, 15) is 10.1 Å². The molecule has 1 aliphatic rings. The number of ether oxygens (including phenoxy) is 1. The number of fused-ring (bicyclic) bond motifs is 1. The third-order valence-corrected chi connectivity index (χ3v) is 5.16. The van der Waals surface area contributed by atoms with Crippen molar-refractivity contribution in [3.05, 3.63) is 70.5 Å². The highest BCUT2D eigenvalue weighted by molar-refractivity contribution is 5.93. The Bertz CT molecular complexity index is 1000. The van der Waals surface area contributed by atoms with Gasteiger partial charge in [-0.3, -0.25) is 20.0 Å². The minimum atomic E-state index is -0.397. The molecule has 1 fully saturated rings. The van der Waals surface area contributed by atoms with Gasteiger partial charge in [0.15, 0.2) is 5.75 Å². The Kier molecular flexibility index (Phi) is 5.08. The molecule has 2 aromatic carbocycles. The Morgan fingerprint density at radius 1 is 1.32 bits per heavy atom. The van der Waals surface area contributed by atoms with E-state index in [4.69, 9.17) is 4.74 Å². The third-order valence-electron chi connectivity index (χ3n) is 5.16. The molecule has 1 aliphatic heterocycles. The normalized spacial score (nSPS) is 17.0. The Morgan fingerprint density at radius 2 is 2.21 bits per heavy atom. The first kappa shape index (κ1) is 18.2. The highest BCUT2D eigenvalue weighted by Crippen LogP contribution is 2.29. The average molecular weight is 378 g/mol. The number of nitrogens with zero attached hydrogens (tertiary/aromatic N) is 3. The van der Waals surface area contributed by atoms with Gasteiger partial charge in [-0.2, -0.15) is 0 Å². The lowest BCUT2D eigenvalue weighted by molar-refractivity contribution is -0.385. The van der Waals surface area contributed by atoms with Gasteiger partial charge in [0.1, 0.15) is 0 Å². The van der Waals surface area contributed by atoms with Crippen LogP contribution in [0.3, 0.4) is 0 Å². The van der Waals surface area contributed by atoms with E-state index in [2.05, 4.69) is 27.3 Å². The van der Waals surface area contributed by atoms with Gasteiger partial charge in [-0.1, -0.05) is 18.2 Å². The quantitative estimate of drug-likeness (QED) is 0.519. The van der Waals surface area contributed by atoms with Crippen LogP contribution in [0.25, 0.3) is 10.8 Å². The zero-order valence-electron chi connectivity index (χ0n) is 15.7. The fourth-order valence-electron chi connectivity index (χ4n) is 3.80.